The molecule has 1 aromatic carbocycles. The van der Waals surface area contributed by atoms with Crippen LogP contribution in [0.25, 0.3) is 0 Å². The van der Waals surface area contributed by atoms with Crippen molar-refractivity contribution in [1.82, 2.24) is 5.32 Å². The summed E-state index contributed by atoms with van der Waals surface area (Å²) in [6.45, 7) is 0.979. The zero-order valence-corrected chi connectivity index (χ0v) is 9.63. The van der Waals surface area contributed by atoms with Gasteiger partial charge in [-0.15, -0.1) is 0 Å². The lowest BCUT2D eigenvalue weighted by Crippen LogP contribution is -2.28. The molecule has 0 saturated heterocycles. The highest BCUT2D eigenvalue weighted by molar-refractivity contribution is 5.88. The average molecular weight is 244 g/mol. The van der Waals surface area contributed by atoms with Crippen LogP contribution in [0, 0.1) is 11.6 Å². The number of benzene rings is 1. The molecule has 4 nitrogen and oxygen atoms in total. The van der Waals surface area contributed by atoms with E-state index in [1.165, 1.54) is 4.90 Å². The number of hydrogen-bond donors (Lipinski definition) is 2. The number of carboxylic acid groups (broad SMARTS) is 1. The first-order valence-electron chi connectivity index (χ1n) is 5.05. The lowest BCUT2D eigenvalue weighted by molar-refractivity contribution is 0.0696. The Morgan fingerprint density at radius 3 is 2.35 bits per heavy atom. The fourth-order valence-corrected chi connectivity index (χ4v) is 1.44. The van der Waals surface area contributed by atoms with Crippen LogP contribution in [0.1, 0.15) is 10.4 Å². The fraction of sp³-hybridized carbons (Fsp3) is 0.364. The maximum atomic E-state index is 13.6. The molecule has 0 aliphatic carbocycles. The predicted molar refractivity (Wildman–Crippen MR) is 60.5 cm³/mol. The van der Waals surface area contributed by atoms with E-state index in [0.717, 1.165) is 12.1 Å². The van der Waals surface area contributed by atoms with Gasteiger partial charge < -0.3 is 15.3 Å². The Hall–Kier alpha value is -1.69. The third-order valence-electron chi connectivity index (χ3n) is 2.34. The maximum absolute atomic E-state index is 13.6. The lowest BCUT2D eigenvalue weighted by atomic mass is 10.1. The second-order valence-corrected chi connectivity index (χ2v) is 3.62. The van der Waals surface area contributed by atoms with Crippen molar-refractivity contribution in [3.63, 3.8) is 0 Å². The molecule has 0 heterocycles. The molecule has 0 aliphatic rings. The van der Waals surface area contributed by atoms with E-state index in [0.29, 0.717) is 13.1 Å². The van der Waals surface area contributed by atoms with Gasteiger partial charge in [-0.2, -0.15) is 0 Å². The van der Waals surface area contributed by atoms with Crippen LogP contribution < -0.4 is 10.2 Å². The summed E-state index contributed by atoms with van der Waals surface area (Å²) in [5.41, 5.74) is -0.615. The van der Waals surface area contributed by atoms with E-state index in [-0.39, 0.29) is 5.69 Å². The smallest absolute Gasteiger partial charge is 0.335 e. The molecule has 0 unspecified atom stereocenters. The second-order valence-electron chi connectivity index (χ2n) is 3.62. The molecule has 0 atom stereocenters. The third-order valence-corrected chi connectivity index (χ3v) is 2.34. The van der Waals surface area contributed by atoms with Crippen LogP contribution in [0.4, 0.5) is 14.5 Å². The lowest BCUT2D eigenvalue weighted by Gasteiger charge is -2.20. The SMILES string of the molecule is CNCCN(C)c1c(F)cc(C(=O)O)cc1F. The Bertz CT molecular complexity index is 401. The molecule has 0 aliphatic heterocycles. The zero-order chi connectivity index (χ0) is 13.0. The van der Waals surface area contributed by atoms with Crippen LogP contribution in [-0.4, -0.2) is 38.3 Å². The Balaban J connectivity index is 3.04. The number of anilines is 1. The number of nitrogens with one attached hydrogen (secondary N) is 1. The summed E-state index contributed by atoms with van der Waals surface area (Å²) in [5, 5.41) is 11.5. The molecule has 0 saturated carbocycles. The minimum absolute atomic E-state index is 0.217. The van der Waals surface area contributed by atoms with E-state index in [1.807, 2.05) is 0 Å². The highest BCUT2D eigenvalue weighted by atomic mass is 19.1. The van der Waals surface area contributed by atoms with Gasteiger partial charge in [-0.3, -0.25) is 0 Å². The van der Waals surface area contributed by atoms with Crippen LogP contribution in [0.2, 0.25) is 0 Å². The van der Waals surface area contributed by atoms with Gasteiger partial charge in [0.15, 0.2) is 0 Å². The van der Waals surface area contributed by atoms with E-state index >= 15 is 0 Å². The van der Waals surface area contributed by atoms with Gasteiger partial charge in [-0.25, -0.2) is 13.6 Å². The first-order valence-corrected chi connectivity index (χ1v) is 5.05. The van der Waals surface area contributed by atoms with Gasteiger partial charge in [0.05, 0.1) is 5.56 Å². The van der Waals surface area contributed by atoms with E-state index in [4.69, 9.17) is 5.11 Å². The van der Waals surface area contributed by atoms with Crippen LogP contribution >= 0.6 is 0 Å². The summed E-state index contributed by atoms with van der Waals surface area (Å²) in [7, 11) is 3.27. The molecule has 0 radical (unpaired) electrons. The van der Waals surface area contributed by atoms with Gasteiger partial charge in [0.2, 0.25) is 0 Å². The number of likely N-dealkylation sites (N-methyl/N-ethyl adjacent to an activating group) is 2. The molecule has 0 fully saturated rings. The minimum atomic E-state index is -1.35. The average Bonchev–Trinajstić information content (AvgIpc) is 2.25. The van der Waals surface area contributed by atoms with E-state index in [1.54, 1.807) is 14.1 Å². The van der Waals surface area contributed by atoms with Gasteiger partial charge in [0.25, 0.3) is 0 Å². The van der Waals surface area contributed by atoms with E-state index in [2.05, 4.69) is 5.32 Å². The summed E-state index contributed by atoms with van der Waals surface area (Å²) in [6, 6.07) is 1.63. The summed E-state index contributed by atoms with van der Waals surface area (Å²) in [4.78, 5) is 12.0. The van der Waals surface area contributed by atoms with Gasteiger partial charge in [0.1, 0.15) is 17.3 Å². The molecule has 1 aromatic rings. The van der Waals surface area contributed by atoms with Crippen molar-refractivity contribution in [3.8, 4) is 0 Å². The van der Waals surface area contributed by atoms with E-state index in [9.17, 15) is 13.6 Å². The molecule has 2 N–H and O–H groups in total. The Morgan fingerprint density at radius 2 is 1.94 bits per heavy atom. The van der Waals surface area contributed by atoms with Crippen LogP contribution in [0.5, 0.6) is 0 Å². The minimum Gasteiger partial charge on any atom is -0.478 e. The molecule has 0 bridgehead atoms. The molecule has 94 valence electrons. The molecule has 0 amide bonds. The number of carboxylic acids is 1. The summed E-state index contributed by atoms with van der Waals surface area (Å²) in [5.74, 6) is -3.10. The molecule has 0 spiro atoms. The molecule has 17 heavy (non-hydrogen) atoms. The Labute approximate surface area is 97.9 Å². The van der Waals surface area contributed by atoms with Crippen molar-refractivity contribution < 1.29 is 18.7 Å². The van der Waals surface area contributed by atoms with Crippen molar-refractivity contribution in [3.05, 3.63) is 29.3 Å². The number of carbonyl (C=O) groups is 1. The number of nitrogens with zero attached hydrogens (tertiary/aromatic N) is 1. The second kappa shape index (κ2) is 5.58. The van der Waals surface area contributed by atoms with Crippen molar-refractivity contribution in [1.29, 1.82) is 0 Å². The number of aromatic carboxylic acids is 1. The highest BCUT2D eigenvalue weighted by Crippen LogP contribution is 2.23. The van der Waals surface area contributed by atoms with Crippen molar-refractivity contribution in [2.24, 2.45) is 0 Å². The monoisotopic (exact) mass is 244 g/mol. The standard InChI is InChI=1S/C11H14F2N2O2/c1-14-3-4-15(2)10-8(12)5-7(11(16)17)6-9(10)13/h5-6,14H,3-4H2,1-2H3,(H,16,17). The van der Waals surface area contributed by atoms with Crippen LogP contribution in [0.15, 0.2) is 12.1 Å². The molecule has 1 rings (SSSR count). The first-order chi connectivity index (χ1) is 7.97. The number of hydrogen-bond acceptors (Lipinski definition) is 3. The van der Waals surface area contributed by atoms with Crippen molar-refractivity contribution >= 4 is 11.7 Å². The van der Waals surface area contributed by atoms with Crippen molar-refractivity contribution in [2.75, 3.05) is 32.1 Å². The molecular weight excluding hydrogens is 230 g/mol. The van der Waals surface area contributed by atoms with E-state index < -0.39 is 23.2 Å². The molecule has 0 aromatic heterocycles. The summed E-state index contributed by atoms with van der Waals surface area (Å²) < 4.78 is 27.2. The maximum Gasteiger partial charge on any atom is 0.335 e. The largest absolute Gasteiger partial charge is 0.478 e. The first kappa shape index (κ1) is 13.4. The normalized spacial score (nSPS) is 10.4. The predicted octanol–water partition coefficient (Wildman–Crippen LogP) is 1.32. The van der Waals surface area contributed by atoms with Crippen LogP contribution in [-0.2, 0) is 0 Å². The Kier molecular flexibility index (Phi) is 4.39. The summed E-state index contributed by atoms with van der Waals surface area (Å²) in [6.07, 6.45) is 0. The third kappa shape index (κ3) is 3.13. The fourth-order valence-electron chi connectivity index (χ4n) is 1.44. The number of halogens is 2. The van der Waals surface area contributed by atoms with Gasteiger partial charge in [0, 0.05) is 20.1 Å². The zero-order valence-electron chi connectivity index (χ0n) is 9.63. The quantitative estimate of drug-likeness (QED) is 0.820. The van der Waals surface area contributed by atoms with Gasteiger partial charge in [-0.05, 0) is 19.2 Å². The van der Waals surface area contributed by atoms with Gasteiger partial charge in [-0.1, -0.05) is 0 Å². The van der Waals surface area contributed by atoms with Crippen molar-refractivity contribution in [2.45, 2.75) is 0 Å². The van der Waals surface area contributed by atoms with Crippen LogP contribution in [0.3, 0.4) is 0 Å². The van der Waals surface area contributed by atoms with Gasteiger partial charge >= 0.3 is 5.97 Å². The topological polar surface area (TPSA) is 52.6 Å². The molecular formula is C11H14F2N2O2. The number of rotatable bonds is 5. The molecule has 6 heteroatoms. The highest BCUT2D eigenvalue weighted by Gasteiger charge is 2.17. The Morgan fingerprint density at radius 1 is 1.41 bits per heavy atom. The summed E-state index contributed by atoms with van der Waals surface area (Å²) >= 11 is 0.